The summed E-state index contributed by atoms with van der Waals surface area (Å²) in [5.74, 6) is 0.219. The van der Waals surface area contributed by atoms with Crippen molar-refractivity contribution in [3.05, 3.63) is 59.5 Å². The number of fused-ring (bicyclic) bond motifs is 1. The smallest absolute Gasteiger partial charge is 0.277 e. The number of furan rings is 1. The Bertz CT molecular complexity index is 1170. The van der Waals surface area contributed by atoms with E-state index < -0.39 is 5.54 Å². The van der Waals surface area contributed by atoms with Crippen LogP contribution in [0.5, 0.6) is 0 Å². The lowest BCUT2D eigenvalue weighted by Crippen LogP contribution is -2.65. The van der Waals surface area contributed by atoms with Crippen LogP contribution in [0.15, 0.2) is 47.1 Å². The fourth-order valence-corrected chi connectivity index (χ4v) is 5.20. The molecule has 2 amide bonds. The summed E-state index contributed by atoms with van der Waals surface area (Å²) in [5.41, 5.74) is 2.73. The first-order valence-electron chi connectivity index (χ1n) is 11.7. The summed E-state index contributed by atoms with van der Waals surface area (Å²) in [5, 5.41) is 7.88. The number of hydrogen-bond donors (Lipinski definition) is 1. The fraction of sp³-hybridized carbons (Fsp3) is 0.423. The van der Waals surface area contributed by atoms with E-state index in [1.165, 1.54) is 6.42 Å². The number of carbonyl (C=O) groups excluding carboxylic acids is 2. The van der Waals surface area contributed by atoms with Gasteiger partial charge in [0.15, 0.2) is 5.76 Å². The first-order chi connectivity index (χ1) is 15.8. The number of nitrogens with zero attached hydrogens (tertiary/aromatic N) is 3. The van der Waals surface area contributed by atoms with Crippen LogP contribution in [0.1, 0.15) is 60.6 Å². The molecule has 1 N–H and O–H groups in total. The van der Waals surface area contributed by atoms with Crippen LogP contribution in [-0.4, -0.2) is 33.2 Å². The molecular weight excluding hydrogens is 416 g/mol. The lowest BCUT2D eigenvalue weighted by atomic mass is 9.90. The van der Waals surface area contributed by atoms with E-state index in [-0.39, 0.29) is 24.4 Å². The molecule has 5 rings (SSSR count). The summed E-state index contributed by atoms with van der Waals surface area (Å²) in [4.78, 5) is 29.3. The van der Waals surface area contributed by atoms with Crippen LogP contribution in [0, 0.1) is 13.8 Å². The molecular formula is C26H30N4O3. The van der Waals surface area contributed by atoms with Crippen molar-refractivity contribution in [3.63, 3.8) is 0 Å². The highest BCUT2D eigenvalue weighted by Crippen LogP contribution is 2.35. The van der Waals surface area contributed by atoms with Gasteiger partial charge in [-0.2, -0.15) is 5.10 Å². The van der Waals surface area contributed by atoms with Crippen LogP contribution >= 0.6 is 0 Å². The van der Waals surface area contributed by atoms with Crippen LogP contribution in [0.25, 0.3) is 11.5 Å². The van der Waals surface area contributed by atoms with Crippen molar-refractivity contribution in [2.24, 2.45) is 0 Å². The molecule has 1 aromatic carbocycles. The molecule has 2 aliphatic rings. The largest absolute Gasteiger partial charge is 0.463 e. The minimum Gasteiger partial charge on any atom is -0.463 e. The van der Waals surface area contributed by atoms with Gasteiger partial charge in [-0.05, 0) is 69.0 Å². The highest BCUT2D eigenvalue weighted by atomic mass is 16.3. The van der Waals surface area contributed by atoms with E-state index >= 15 is 0 Å². The van der Waals surface area contributed by atoms with Crippen LogP contribution < -0.4 is 10.2 Å². The number of anilines is 1. The maximum Gasteiger partial charge on any atom is 0.277 e. The van der Waals surface area contributed by atoms with Crippen molar-refractivity contribution in [1.29, 1.82) is 0 Å². The molecule has 1 saturated carbocycles. The third-order valence-electron chi connectivity index (χ3n) is 6.82. The number of aromatic nitrogens is 2. The summed E-state index contributed by atoms with van der Waals surface area (Å²) >= 11 is 0. The molecule has 3 heterocycles. The Labute approximate surface area is 193 Å². The van der Waals surface area contributed by atoms with Gasteiger partial charge in [0, 0.05) is 17.8 Å². The molecule has 0 radical (unpaired) electrons. The molecule has 2 aromatic heterocycles. The number of hydrogen-bond acceptors (Lipinski definition) is 4. The number of nitrogens with one attached hydrogen (secondary N) is 1. The molecule has 1 fully saturated rings. The molecule has 3 aromatic rings. The van der Waals surface area contributed by atoms with Crippen molar-refractivity contribution < 1.29 is 14.0 Å². The number of amides is 2. The second-order valence-corrected chi connectivity index (χ2v) is 9.62. The van der Waals surface area contributed by atoms with Gasteiger partial charge in [-0.25, -0.2) is 0 Å². The molecule has 1 unspecified atom stereocenters. The normalized spacial score (nSPS) is 21.2. The molecule has 1 atom stereocenters. The first-order valence-corrected chi connectivity index (χ1v) is 11.7. The fourth-order valence-electron chi connectivity index (χ4n) is 5.20. The molecule has 172 valence electrons. The average Bonchev–Trinajstić information content (AvgIpc) is 3.43. The summed E-state index contributed by atoms with van der Waals surface area (Å²) in [6.45, 7) is 6.12. The van der Waals surface area contributed by atoms with E-state index in [1.54, 1.807) is 28.0 Å². The summed E-state index contributed by atoms with van der Waals surface area (Å²) in [6, 6.07) is 11.5. The Kier molecular flexibility index (Phi) is 5.35. The number of aryl methyl sites for hydroxylation is 2. The van der Waals surface area contributed by atoms with E-state index in [9.17, 15) is 9.59 Å². The van der Waals surface area contributed by atoms with E-state index in [4.69, 9.17) is 4.42 Å². The quantitative estimate of drug-likeness (QED) is 0.634. The SMILES string of the molecule is Cc1cc(C)cc(N2C(=O)c3cc(-c4ccco4)nn3CC2(C)C(=O)NC2CCCCC2)c1. The predicted molar refractivity (Wildman–Crippen MR) is 126 cm³/mol. The van der Waals surface area contributed by atoms with Gasteiger partial charge in [0.05, 0.1) is 12.8 Å². The first kappa shape index (κ1) is 21.5. The maximum absolute atomic E-state index is 13.9. The lowest BCUT2D eigenvalue weighted by molar-refractivity contribution is -0.127. The molecule has 1 aliphatic carbocycles. The van der Waals surface area contributed by atoms with Gasteiger partial charge >= 0.3 is 0 Å². The Morgan fingerprint density at radius 2 is 1.85 bits per heavy atom. The van der Waals surface area contributed by atoms with Crippen molar-refractivity contribution in [1.82, 2.24) is 15.1 Å². The zero-order valence-corrected chi connectivity index (χ0v) is 19.4. The average molecular weight is 447 g/mol. The van der Waals surface area contributed by atoms with Gasteiger partial charge in [0.2, 0.25) is 5.91 Å². The van der Waals surface area contributed by atoms with Crippen LogP contribution in [-0.2, 0) is 11.3 Å². The summed E-state index contributed by atoms with van der Waals surface area (Å²) in [7, 11) is 0. The third-order valence-corrected chi connectivity index (χ3v) is 6.82. The van der Waals surface area contributed by atoms with E-state index in [2.05, 4.69) is 16.5 Å². The molecule has 0 bridgehead atoms. The number of benzene rings is 1. The number of rotatable bonds is 4. The van der Waals surface area contributed by atoms with E-state index in [0.29, 0.717) is 17.1 Å². The van der Waals surface area contributed by atoms with Crippen LogP contribution in [0.4, 0.5) is 5.69 Å². The Morgan fingerprint density at radius 3 is 2.52 bits per heavy atom. The van der Waals surface area contributed by atoms with Gasteiger partial charge < -0.3 is 9.73 Å². The van der Waals surface area contributed by atoms with Gasteiger partial charge in [-0.1, -0.05) is 25.3 Å². The maximum atomic E-state index is 13.9. The summed E-state index contributed by atoms with van der Waals surface area (Å²) in [6.07, 6.45) is 7.00. The molecule has 7 nitrogen and oxygen atoms in total. The van der Waals surface area contributed by atoms with Crippen LogP contribution in [0.3, 0.4) is 0 Å². The molecule has 0 saturated heterocycles. The second-order valence-electron chi connectivity index (χ2n) is 9.62. The zero-order valence-electron chi connectivity index (χ0n) is 19.4. The van der Waals surface area contributed by atoms with Crippen molar-refractivity contribution in [2.75, 3.05) is 4.90 Å². The molecule has 33 heavy (non-hydrogen) atoms. The molecule has 7 heteroatoms. The monoisotopic (exact) mass is 446 g/mol. The van der Waals surface area contributed by atoms with Crippen molar-refractivity contribution in [3.8, 4) is 11.5 Å². The highest BCUT2D eigenvalue weighted by Gasteiger charge is 2.49. The van der Waals surface area contributed by atoms with Gasteiger partial charge in [0.1, 0.15) is 16.9 Å². The topological polar surface area (TPSA) is 80.4 Å². The Morgan fingerprint density at radius 1 is 1.12 bits per heavy atom. The van der Waals surface area contributed by atoms with Gasteiger partial charge in [-0.15, -0.1) is 0 Å². The lowest BCUT2D eigenvalue weighted by Gasteiger charge is -2.44. The van der Waals surface area contributed by atoms with Crippen molar-refractivity contribution >= 4 is 17.5 Å². The Balaban J connectivity index is 1.58. The van der Waals surface area contributed by atoms with Crippen LogP contribution in [0.2, 0.25) is 0 Å². The van der Waals surface area contributed by atoms with E-state index in [0.717, 1.165) is 42.5 Å². The van der Waals surface area contributed by atoms with Crippen molar-refractivity contribution in [2.45, 2.75) is 71.0 Å². The van der Waals surface area contributed by atoms with E-state index in [1.807, 2.05) is 39.0 Å². The number of carbonyl (C=O) groups is 2. The minimum atomic E-state index is -1.12. The summed E-state index contributed by atoms with van der Waals surface area (Å²) < 4.78 is 7.15. The predicted octanol–water partition coefficient (Wildman–Crippen LogP) is 4.63. The highest BCUT2D eigenvalue weighted by molar-refractivity contribution is 6.12. The molecule has 1 aliphatic heterocycles. The minimum absolute atomic E-state index is 0.136. The Hall–Kier alpha value is -3.35. The molecule has 0 spiro atoms. The van der Waals surface area contributed by atoms with Gasteiger partial charge in [0.25, 0.3) is 5.91 Å². The second kappa shape index (κ2) is 8.21. The third kappa shape index (κ3) is 3.86. The zero-order chi connectivity index (χ0) is 23.2. The van der Waals surface area contributed by atoms with Gasteiger partial charge in [-0.3, -0.25) is 19.2 Å². The standard InChI is InChI=1S/C26H30N4O3/c1-17-12-18(2)14-20(13-17)30-24(31)22-15-21(23-10-7-11-33-23)28-29(22)16-26(30,3)25(32)27-19-8-5-4-6-9-19/h7,10-15,19H,4-6,8-9,16H2,1-3H3,(H,27,32).